The summed E-state index contributed by atoms with van der Waals surface area (Å²) in [6, 6.07) is 8.80. The zero-order valence-electron chi connectivity index (χ0n) is 19.2. The number of rotatable bonds is 5. The van der Waals surface area contributed by atoms with Crippen LogP contribution in [0.4, 0.5) is 4.39 Å². The molecule has 3 heterocycles. The van der Waals surface area contributed by atoms with Crippen molar-refractivity contribution in [3.05, 3.63) is 64.5 Å². The van der Waals surface area contributed by atoms with E-state index in [4.69, 9.17) is 32.0 Å². The molecule has 34 heavy (non-hydrogen) atoms. The number of pyridine rings is 1. The van der Waals surface area contributed by atoms with Gasteiger partial charge >= 0.3 is 0 Å². The summed E-state index contributed by atoms with van der Waals surface area (Å²) in [6.07, 6.45) is 6.85. The Balaban J connectivity index is 1.56. The Bertz CT molecular complexity index is 1290. The van der Waals surface area contributed by atoms with Gasteiger partial charge in [-0.2, -0.15) is 0 Å². The molecule has 1 aromatic carbocycles. The third-order valence-electron chi connectivity index (χ3n) is 6.32. The summed E-state index contributed by atoms with van der Waals surface area (Å²) in [5, 5.41) is 1.04. The zero-order valence-corrected chi connectivity index (χ0v) is 20.0. The van der Waals surface area contributed by atoms with Crippen LogP contribution in [0, 0.1) is 12.7 Å². The maximum absolute atomic E-state index is 14.9. The highest BCUT2D eigenvalue weighted by molar-refractivity contribution is 6.30. The average molecular weight is 480 g/mol. The van der Waals surface area contributed by atoms with Crippen LogP contribution in [0.1, 0.15) is 50.0 Å². The first kappa shape index (κ1) is 22.9. The van der Waals surface area contributed by atoms with Gasteiger partial charge in [0.05, 0.1) is 23.9 Å². The monoisotopic (exact) mass is 479 g/mol. The Morgan fingerprint density at radius 2 is 2.00 bits per heavy atom. The van der Waals surface area contributed by atoms with Gasteiger partial charge in [-0.15, -0.1) is 0 Å². The lowest BCUT2D eigenvalue weighted by atomic mass is 9.88. The number of nitrogens with two attached hydrogens (primary N) is 1. The Labute approximate surface area is 203 Å². The lowest BCUT2D eigenvalue weighted by molar-refractivity contribution is -0.0272. The molecule has 2 aliphatic rings. The highest BCUT2D eigenvalue weighted by Gasteiger charge is 2.33. The van der Waals surface area contributed by atoms with Crippen LogP contribution in [-0.4, -0.2) is 39.4 Å². The summed E-state index contributed by atoms with van der Waals surface area (Å²) in [4.78, 5) is 18.9. The van der Waals surface area contributed by atoms with Crippen molar-refractivity contribution >= 4 is 28.8 Å². The van der Waals surface area contributed by atoms with Crippen molar-refractivity contribution < 1.29 is 9.13 Å². The number of hydrogen-bond acceptors (Lipinski definition) is 6. The number of aryl methyl sites for hydroxylation is 1. The molecule has 0 unspecified atom stereocenters. The molecule has 6 nitrogen and oxygen atoms in total. The van der Waals surface area contributed by atoms with Crippen molar-refractivity contribution in [3.8, 4) is 11.3 Å². The predicted octanol–water partition coefficient (Wildman–Crippen LogP) is 5.52. The first-order chi connectivity index (χ1) is 16.4. The first-order valence-corrected chi connectivity index (χ1v) is 12.0. The van der Waals surface area contributed by atoms with Gasteiger partial charge in [-0.05, 0) is 69.9 Å². The number of benzene rings is 1. The minimum Gasteiger partial charge on any atom is -0.404 e. The molecule has 1 saturated heterocycles. The highest BCUT2D eigenvalue weighted by atomic mass is 35.5. The molecule has 1 aliphatic carbocycles. The van der Waals surface area contributed by atoms with E-state index in [0.29, 0.717) is 45.6 Å². The molecule has 8 heteroatoms. The number of aromatic nitrogens is 3. The van der Waals surface area contributed by atoms with E-state index in [9.17, 15) is 4.39 Å². The van der Waals surface area contributed by atoms with Gasteiger partial charge in [0.15, 0.2) is 5.65 Å². The summed E-state index contributed by atoms with van der Waals surface area (Å²) in [5.41, 5.74) is 9.07. The normalized spacial score (nSPS) is 23.6. The zero-order chi connectivity index (χ0) is 23.8. The van der Waals surface area contributed by atoms with E-state index in [1.165, 1.54) is 6.07 Å². The Kier molecular flexibility index (Phi) is 6.32. The van der Waals surface area contributed by atoms with E-state index < -0.39 is 5.82 Å². The largest absolute Gasteiger partial charge is 0.404 e. The van der Waals surface area contributed by atoms with E-state index in [2.05, 4.69) is 9.98 Å². The van der Waals surface area contributed by atoms with Crippen molar-refractivity contribution in [2.75, 3.05) is 0 Å². The predicted molar refractivity (Wildman–Crippen MR) is 133 cm³/mol. The van der Waals surface area contributed by atoms with E-state index in [1.54, 1.807) is 18.3 Å². The molecule has 2 aromatic heterocycles. The first-order valence-electron chi connectivity index (χ1n) is 11.6. The second-order valence-electron chi connectivity index (χ2n) is 9.16. The molecule has 2 fully saturated rings. The molecular formula is C26H27ClFN5O. The smallest absolute Gasteiger partial charge is 0.163 e. The Morgan fingerprint density at radius 1 is 1.18 bits per heavy atom. The summed E-state index contributed by atoms with van der Waals surface area (Å²) in [7, 11) is 0. The molecule has 0 spiro atoms. The molecule has 0 amide bonds. The highest BCUT2D eigenvalue weighted by Crippen LogP contribution is 2.37. The van der Waals surface area contributed by atoms with Crippen LogP contribution in [0.3, 0.4) is 0 Å². The van der Waals surface area contributed by atoms with Crippen molar-refractivity contribution in [3.63, 3.8) is 0 Å². The third kappa shape index (κ3) is 4.81. The van der Waals surface area contributed by atoms with Crippen LogP contribution in [0.5, 0.6) is 0 Å². The molecular weight excluding hydrogens is 453 g/mol. The van der Waals surface area contributed by atoms with Gasteiger partial charge < -0.3 is 10.5 Å². The number of halogens is 2. The number of hydrogen-bond donors (Lipinski definition) is 1. The molecule has 1 aliphatic heterocycles. The van der Waals surface area contributed by atoms with Gasteiger partial charge in [0, 0.05) is 45.6 Å². The van der Waals surface area contributed by atoms with E-state index in [0.717, 1.165) is 30.5 Å². The Hall–Kier alpha value is -2.90. The van der Waals surface area contributed by atoms with Crippen molar-refractivity contribution in [1.82, 2.24) is 15.0 Å². The Morgan fingerprint density at radius 3 is 2.74 bits per heavy atom. The minimum atomic E-state index is -0.429. The maximum atomic E-state index is 14.9. The molecule has 5 rings (SSSR count). The van der Waals surface area contributed by atoms with Crippen LogP contribution in [0.25, 0.3) is 22.3 Å². The van der Waals surface area contributed by atoms with Crippen molar-refractivity contribution in [2.24, 2.45) is 10.7 Å². The van der Waals surface area contributed by atoms with E-state index in [-0.39, 0.29) is 18.1 Å². The fraction of sp³-hybridized carbons (Fsp3) is 0.385. The van der Waals surface area contributed by atoms with Crippen LogP contribution < -0.4 is 5.73 Å². The third-order valence-corrected chi connectivity index (χ3v) is 6.56. The molecule has 2 N–H and O–H groups in total. The SMILES string of the molecule is Cc1ccc2c(-c3ccc(Cl)cc3F)nc([C@@H]3C[C@@H](C)O[C@H](/C(C=NC4CC4)=C/N)C3)nc2n1. The quantitative estimate of drug-likeness (QED) is 0.487. The van der Waals surface area contributed by atoms with Gasteiger partial charge in [-0.1, -0.05) is 11.6 Å². The molecule has 1 saturated carbocycles. The fourth-order valence-corrected chi connectivity index (χ4v) is 4.57. The van der Waals surface area contributed by atoms with Gasteiger partial charge in [0.25, 0.3) is 0 Å². The molecule has 0 bridgehead atoms. The maximum Gasteiger partial charge on any atom is 0.163 e. The van der Waals surface area contributed by atoms with E-state index in [1.807, 2.05) is 32.2 Å². The fourth-order valence-electron chi connectivity index (χ4n) is 4.41. The standard InChI is InChI=1S/C26H27ClFN5O/c1-14-3-7-21-24(20-8-4-18(27)11-22(20)28)32-25(33-26(21)31-14)16-9-15(2)34-23(10-16)17(12-29)13-30-19-5-6-19/h3-4,7-8,11-13,15-16,19,23H,5-6,9-10,29H2,1-2H3/b17-12+,30-13?/t15-,16-,23+/m1/s1. The van der Waals surface area contributed by atoms with Crippen molar-refractivity contribution in [1.29, 1.82) is 0 Å². The van der Waals surface area contributed by atoms with Crippen LogP contribution >= 0.6 is 11.6 Å². The van der Waals surface area contributed by atoms with Crippen LogP contribution in [0.15, 0.2) is 47.1 Å². The summed E-state index contributed by atoms with van der Waals surface area (Å²) in [6.45, 7) is 3.95. The second-order valence-corrected chi connectivity index (χ2v) is 9.59. The molecule has 176 valence electrons. The topological polar surface area (TPSA) is 86.3 Å². The summed E-state index contributed by atoms with van der Waals surface area (Å²) in [5.74, 6) is 0.200. The van der Waals surface area contributed by atoms with Gasteiger partial charge in [-0.3, -0.25) is 4.99 Å². The lowest BCUT2D eigenvalue weighted by Crippen LogP contribution is -2.33. The lowest BCUT2D eigenvalue weighted by Gasteiger charge is -2.33. The number of aliphatic imine (C=N–C) groups is 1. The number of fused-ring (bicyclic) bond motifs is 1. The molecule has 0 radical (unpaired) electrons. The van der Waals surface area contributed by atoms with Gasteiger partial charge in [0.2, 0.25) is 0 Å². The van der Waals surface area contributed by atoms with Crippen LogP contribution in [0.2, 0.25) is 5.02 Å². The number of ether oxygens (including phenoxy) is 1. The molecule has 3 aromatic rings. The van der Waals surface area contributed by atoms with Gasteiger partial charge in [0.1, 0.15) is 11.6 Å². The van der Waals surface area contributed by atoms with Gasteiger partial charge in [-0.25, -0.2) is 19.3 Å². The number of nitrogens with zero attached hydrogens (tertiary/aromatic N) is 4. The molecule has 3 atom stereocenters. The van der Waals surface area contributed by atoms with E-state index >= 15 is 0 Å². The van der Waals surface area contributed by atoms with Crippen LogP contribution in [-0.2, 0) is 4.74 Å². The second kappa shape index (κ2) is 9.39. The minimum absolute atomic E-state index is 0.00107. The summed E-state index contributed by atoms with van der Waals surface area (Å²) >= 11 is 6.00. The average Bonchev–Trinajstić information content (AvgIpc) is 3.63. The summed E-state index contributed by atoms with van der Waals surface area (Å²) < 4.78 is 21.1. The van der Waals surface area contributed by atoms with Crippen molar-refractivity contribution in [2.45, 2.75) is 63.7 Å².